The van der Waals surface area contributed by atoms with Crippen LogP contribution in [-0.4, -0.2) is 18.9 Å². The second-order valence-electron chi connectivity index (χ2n) is 6.73. The van der Waals surface area contributed by atoms with E-state index in [9.17, 15) is 18.4 Å². The van der Waals surface area contributed by atoms with Gasteiger partial charge >= 0.3 is 0 Å². The lowest BCUT2D eigenvalue weighted by Crippen LogP contribution is -2.25. The molecule has 1 heterocycles. The summed E-state index contributed by atoms with van der Waals surface area (Å²) in [5.74, 6) is -1.93. The van der Waals surface area contributed by atoms with E-state index in [4.69, 9.17) is 4.74 Å². The predicted molar refractivity (Wildman–Crippen MR) is 105 cm³/mol. The summed E-state index contributed by atoms with van der Waals surface area (Å²) in [7, 11) is 1.64. The van der Waals surface area contributed by atoms with Gasteiger partial charge in [-0.05, 0) is 55.0 Å². The summed E-state index contributed by atoms with van der Waals surface area (Å²) in [6.07, 6.45) is 0. The Morgan fingerprint density at radius 2 is 1.76 bits per heavy atom. The number of halogens is 2. The van der Waals surface area contributed by atoms with Crippen molar-refractivity contribution in [1.29, 1.82) is 0 Å². The maximum Gasteiger partial charge on any atom is 0.261 e. The molecule has 0 radical (unpaired) electrons. The molecule has 3 aromatic carbocycles. The average molecular weight is 394 g/mol. The van der Waals surface area contributed by atoms with Crippen LogP contribution in [0, 0.1) is 18.6 Å². The van der Waals surface area contributed by atoms with Crippen LogP contribution < -0.4 is 15.0 Å². The first-order valence-electron chi connectivity index (χ1n) is 8.80. The summed E-state index contributed by atoms with van der Waals surface area (Å²) < 4.78 is 32.8. The molecule has 0 aromatic heterocycles. The van der Waals surface area contributed by atoms with Crippen LogP contribution in [0.2, 0.25) is 0 Å². The summed E-state index contributed by atoms with van der Waals surface area (Å²) >= 11 is 0. The van der Waals surface area contributed by atoms with Crippen LogP contribution in [0.15, 0.2) is 54.6 Å². The summed E-state index contributed by atoms with van der Waals surface area (Å²) in [6, 6.07) is 12.8. The van der Waals surface area contributed by atoms with Crippen molar-refractivity contribution in [2.75, 3.05) is 17.3 Å². The number of amides is 2. The van der Waals surface area contributed by atoms with Crippen LogP contribution in [-0.2, 0) is 0 Å². The number of carbonyl (C=O) groups excluding carboxylic acids is 2. The van der Waals surface area contributed by atoms with E-state index in [1.807, 2.05) is 19.1 Å². The van der Waals surface area contributed by atoms with Gasteiger partial charge in [0.15, 0.2) is 5.75 Å². The summed E-state index contributed by atoms with van der Waals surface area (Å²) in [5.41, 5.74) is 1.84. The minimum absolute atomic E-state index is 0.249. The zero-order valence-electron chi connectivity index (χ0n) is 15.6. The van der Waals surface area contributed by atoms with E-state index in [-0.39, 0.29) is 22.7 Å². The standard InChI is InChI=1S/C22H16F2N2O3/c1-12-3-7-20-18(9-12)26(2)22(28)16-11-14(5-8-19(16)29-20)25-21(27)15-6-4-13(23)10-17(15)24/h3-11H,1-2H3,(H,25,27). The van der Waals surface area contributed by atoms with Crippen LogP contribution in [0.3, 0.4) is 0 Å². The number of carbonyl (C=O) groups is 2. The third-order valence-corrected chi connectivity index (χ3v) is 4.64. The number of rotatable bonds is 2. The number of hydrogen-bond donors (Lipinski definition) is 1. The summed E-state index contributed by atoms with van der Waals surface area (Å²) in [6.45, 7) is 1.92. The van der Waals surface area contributed by atoms with Gasteiger partial charge in [-0.25, -0.2) is 8.78 Å². The highest BCUT2D eigenvalue weighted by molar-refractivity contribution is 6.11. The molecule has 3 aromatic rings. The molecule has 0 bridgehead atoms. The number of nitrogens with one attached hydrogen (secondary N) is 1. The fourth-order valence-corrected chi connectivity index (χ4v) is 3.12. The first-order chi connectivity index (χ1) is 13.8. The highest BCUT2D eigenvalue weighted by Gasteiger charge is 2.26. The van der Waals surface area contributed by atoms with Crippen LogP contribution in [0.1, 0.15) is 26.3 Å². The van der Waals surface area contributed by atoms with Gasteiger partial charge in [-0.15, -0.1) is 0 Å². The summed E-state index contributed by atoms with van der Waals surface area (Å²) in [5, 5.41) is 2.53. The topological polar surface area (TPSA) is 58.6 Å². The van der Waals surface area contributed by atoms with Gasteiger partial charge in [0.1, 0.15) is 17.4 Å². The molecule has 0 saturated carbocycles. The Labute approximate surface area is 165 Å². The zero-order chi connectivity index (χ0) is 20.7. The third kappa shape index (κ3) is 3.42. The molecule has 0 spiro atoms. The highest BCUT2D eigenvalue weighted by atomic mass is 19.1. The minimum Gasteiger partial charge on any atom is -0.454 e. The van der Waals surface area contributed by atoms with Gasteiger partial charge in [-0.2, -0.15) is 0 Å². The molecule has 4 rings (SSSR count). The van der Waals surface area contributed by atoms with Gasteiger partial charge in [0.25, 0.3) is 11.8 Å². The van der Waals surface area contributed by atoms with E-state index in [0.29, 0.717) is 23.3 Å². The third-order valence-electron chi connectivity index (χ3n) is 4.64. The molecule has 0 aliphatic carbocycles. The van der Waals surface area contributed by atoms with Crippen molar-refractivity contribution in [3.63, 3.8) is 0 Å². The lowest BCUT2D eigenvalue weighted by atomic mass is 10.1. The molecule has 0 unspecified atom stereocenters. The average Bonchev–Trinajstić information content (AvgIpc) is 2.78. The van der Waals surface area contributed by atoms with Crippen molar-refractivity contribution in [1.82, 2.24) is 0 Å². The molecule has 2 amide bonds. The smallest absolute Gasteiger partial charge is 0.261 e. The van der Waals surface area contributed by atoms with Gasteiger partial charge in [-0.3, -0.25) is 9.59 Å². The molecular weight excluding hydrogens is 378 g/mol. The first-order valence-corrected chi connectivity index (χ1v) is 8.80. The molecule has 0 fully saturated rings. The number of hydrogen-bond acceptors (Lipinski definition) is 3. The molecule has 0 atom stereocenters. The predicted octanol–water partition coefficient (Wildman–Crippen LogP) is 4.91. The number of fused-ring (bicyclic) bond motifs is 2. The number of anilines is 2. The monoisotopic (exact) mass is 394 g/mol. The molecule has 0 saturated heterocycles. The zero-order valence-corrected chi connectivity index (χ0v) is 15.6. The second-order valence-corrected chi connectivity index (χ2v) is 6.73. The van der Waals surface area contributed by atoms with Gasteiger partial charge in [-0.1, -0.05) is 6.07 Å². The number of nitrogens with zero attached hydrogens (tertiary/aromatic N) is 1. The Balaban J connectivity index is 1.66. The van der Waals surface area contributed by atoms with E-state index in [1.165, 1.54) is 11.0 Å². The largest absolute Gasteiger partial charge is 0.454 e. The SMILES string of the molecule is Cc1ccc2c(c1)N(C)C(=O)c1cc(NC(=O)c3ccc(F)cc3F)ccc1O2. The summed E-state index contributed by atoms with van der Waals surface area (Å²) in [4.78, 5) is 26.8. The Kier molecular flexibility index (Phi) is 4.50. The first kappa shape index (κ1) is 18.6. The van der Waals surface area contributed by atoms with Gasteiger partial charge in [0, 0.05) is 18.8 Å². The maximum absolute atomic E-state index is 13.8. The number of benzene rings is 3. The Morgan fingerprint density at radius 1 is 1.00 bits per heavy atom. The van der Waals surface area contributed by atoms with Gasteiger partial charge in [0.05, 0.1) is 16.8 Å². The van der Waals surface area contributed by atoms with Crippen molar-refractivity contribution in [3.8, 4) is 11.5 Å². The molecule has 5 nitrogen and oxygen atoms in total. The normalized spacial score (nSPS) is 12.6. The molecule has 1 aliphatic heterocycles. The molecule has 29 heavy (non-hydrogen) atoms. The number of ether oxygens (including phenoxy) is 1. The molecule has 1 aliphatic rings. The Hall–Kier alpha value is -3.74. The van der Waals surface area contributed by atoms with Crippen LogP contribution in [0.4, 0.5) is 20.2 Å². The quantitative estimate of drug-likeness (QED) is 0.672. The van der Waals surface area contributed by atoms with Crippen molar-refractivity contribution in [2.24, 2.45) is 0 Å². The fourth-order valence-electron chi connectivity index (χ4n) is 3.12. The maximum atomic E-state index is 13.8. The van der Waals surface area contributed by atoms with E-state index in [1.54, 1.807) is 25.2 Å². The number of aryl methyl sites for hydroxylation is 1. The van der Waals surface area contributed by atoms with Gasteiger partial charge < -0.3 is 15.0 Å². The van der Waals surface area contributed by atoms with Crippen molar-refractivity contribution < 1.29 is 23.1 Å². The lowest BCUT2D eigenvalue weighted by molar-refractivity contribution is 0.0989. The molecular formula is C22H16F2N2O3. The van der Waals surface area contributed by atoms with E-state index in [2.05, 4.69) is 5.32 Å². The molecule has 7 heteroatoms. The minimum atomic E-state index is -0.970. The Bertz CT molecular complexity index is 1160. The van der Waals surface area contributed by atoms with Crippen molar-refractivity contribution >= 4 is 23.2 Å². The van der Waals surface area contributed by atoms with E-state index >= 15 is 0 Å². The molecule has 146 valence electrons. The van der Waals surface area contributed by atoms with Crippen LogP contribution in [0.5, 0.6) is 11.5 Å². The highest BCUT2D eigenvalue weighted by Crippen LogP contribution is 2.39. The van der Waals surface area contributed by atoms with Gasteiger partial charge in [0.2, 0.25) is 0 Å². The fraction of sp³-hybridized carbons (Fsp3) is 0.0909. The van der Waals surface area contributed by atoms with Crippen molar-refractivity contribution in [3.05, 3.63) is 82.9 Å². The van der Waals surface area contributed by atoms with Crippen LogP contribution >= 0.6 is 0 Å². The second kappa shape index (κ2) is 7.01. The Morgan fingerprint density at radius 3 is 2.52 bits per heavy atom. The molecule has 1 N–H and O–H groups in total. The van der Waals surface area contributed by atoms with Crippen LogP contribution in [0.25, 0.3) is 0 Å². The van der Waals surface area contributed by atoms with Crippen molar-refractivity contribution in [2.45, 2.75) is 6.92 Å². The van der Waals surface area contributed by atoms with E-state index in [0.717, 1.165) is 17.7 Å². The van der Waals surface area contributed by atoms with E-state index < -0.39 is 17.5 Å². The lowest BCUT2D eigenvalue weighted by Gasteiger charge is -2.16.